The van der Waals surface area contributed by atoms with Crippen molar-refractivity contribution in [2.45, 2.75) is 66.1 Å². The molecule has 0 spiro atoms. The second-order valence-corrected chi connectivity index (χ2v) is 7.09. The molecule has 18 heavy (non-hydrogen) atoms. The van der Waals surface area contributed by atoms with Crippen LogP contribution in [-0.4, -0.2) is 38.1 Å². The van der Waals surface area contributed by atoms with E-state index in [0.29, 0.717) is 19.8 Å². The highest BCUT2D eigenvalue weighted by atomic mass is 16.5. The van der Waals surface area contributed by atoms with Crippen molar-refractivity contribution < 1.29 is 14.2 Å². The van der Waals surface area contributed by atoms with E-state index in [0.717, 1.165) is 6.42 Å². The summed E-state index contributed by atoms with van der Waals surface area (Å²) < 4.78 is 17.3. The third kappa shape index (κ3) is 8.06. The maximum atomic E-state index is 5.94. The first kappa shape index (κ1) is 17.9. The van der Waals surface area contributed by atoms with Crippen LogP contribution in [0.1, 0.15) is 54.9 Å². The van der Waals surface area contributed by atoms with Crippen molar-refractivity contribution in [3.05, 3.63) is 0 Å². The average molecular weight is 260 g/mol. The Balaban J connectivity index is 4.60. The van der Waals surface area contributed by atoms with Gasteiger partial charge in [0.25, 0.3) is 0 Å². The molecule has 0 N–H and O–H groups in total. The van der Waals surface area contributed by atoms with E-state index >= 15 is 0 Å². The highest BCUT2D eigenvalue weighted by molar-refractivity contribution is 4.80. The van der Waals surface area contributed by atoms with E-state index in [4.69, 9.17) is 14.2 Å². The van der Waals surface area contributed by atoms with Gasteiger partial charge in [0.2, 0.25) is 0 Å². The summed E-state index contributed by atoms with van der Waals surface area (Å²) in [4.78, 5) is 0. The average Bonchev–Trinajstić information content (AvgIpc) is 2.20. The normalized spacial score (nSPS) is 14.0. The molecule has 0 radical (unpaired) electrons. The van der Waals surface area contributed by atoms with Gasteiger partial charge in [-0.05, 0) is 48.0 Å². The Labute approximate surface area is 113 Å². The summed E-state index contributed by atoms with van der Waals surface area (Å²) in [6, 6.07) is 0. The van der Waals surface area contributed by atoms with Gasteiger partial charge in [-0.1, -0.05) is 6.92 Å². The zero-order valence-electron chi connectivity index (χ0n) is 13.6. The van der Waals surface area contributed by atoms with Gasteiger partial charge in [-0.3, -0.25) is 0 Å². The Bertz CT molecular complexity index is 205. The largest absolute Gasteiger partial charge is 0.384 e. The fraction of sp³-hybridized carbons (Fsp3) is 1.00. The van der Waals surface area contributed by atoms with E-state index in [-0.39, 0.29) is 16.6 Å². The highest BCUT2D eigenvalue weighted by Crippen LogP contribution is 2.27. The van der Waals surface area contributed by atoms with Crippen molar-refractivity contribution in [1.29, 1.82) is 0 Å². The Morgan fingerprint density at radius 2 is 1.11 bits per heavy atom. The van der Waals surface area contributed by atoms with Crippen molar-refractivity contribution in [3.8, 4) is 0 Å². The minimum atomic E-state index is -0.129. The van der Waals surface area contributed by atoms with Gasteiger partial charge in [0.15, 0.2) is 0 Å². The van der Waals surface area contributed by atoms with E-state index in [1.165, 1.54) is 0 Å². The molecule has 0 aromatic heterocycles. The van der Waals surface area contributed by atoms with Crippen LogP contribution in [0.3, 0.4) is 0 Å². The molecule has 3 heteroatoms. The number of methoxy groups -OCH3 is 1. The molecule has 0 aromatic carbocycles. The number of hydrogen-bond acceptors (Lipinski definition) is 3. The summed E-state index contributed by atoms with van der Waals surface area (Å²) in [6.07, 6.45) is 0.979. The summed E-state index contributed by atoms with van der Waals surface area (Å²) in [7, 11) is 1.73. The Hall–Kier alpha value is -0.120. The number of rotatable bonds is 7. The fourth-order valence-corrected chi connectivity index (χ4v) is 1.48. The molecule has 0 aliphatic heterocycles. The van der Waals surface area contributed by atoms with Crippen LogP contribution in [0.5, 0.6) is 0 Å². The monoisotopic (exact) mass is 260 g/mol. The molecule has 0 aliphatic carbocycles. The highest BCUT2D eigenvalue weighted by Gasteiger charge is 2.32. The van der Waals surface area contributed by atoms with Gasteiger partial charge in [-0.25, -0.2) is 0 Å². The van der Waals surface area contributed by atoms with Crippen LogP contribution in [-0.2, 0) is 14.2 Å². The second kappa shape index (κ2) is 6.88. The molecule has 0 bridgehead atoms. The molecular formula is C15H32O3. The maximum Gasteiger partial charge on any atom is 0.0598 e. The van der Waals surface area contributed by atoms with Crippen LogP contribution in [0.4, 0.5) is 0 Å². The first-order chi connectivity index (χ1) is 8.04. The lowest BCUT2D eigenvalue weighted by atomic mass is 9.87. The van der Waals surface area contributed by atoms with E-state index in [1.807, 2.05) is 0 Å². The fourth-order valence-electron chi connectivity index (χ4n) is 1.48. The van der Waals surface area contributed by atoms with Crippen molar-refractivity contribution in [2.24, 2.45) is 5.41 Å². The van der Waals surface area contributed by atoms with Crippen molar-refractivity contribution in [3.63, 3.8) is 0 Å². The first-order valence-corrected chi connectivity index (χ1v) is 6.80. The van der Waals surface area contributed by atoms with Crippen molar-refractivity contribution >= 4 is 0 Å². The Morgan fingerprint density at radius 1 is 0.722 bits per heavy atom. The number of ether oxygens (including phenoxy) is 3. The molecule has 0 amide bonds. The van der Waals surface area contributed by atoms with Gasteiger partial charge in [0.1, 0.15) is 0 Å². The lowest BCUT2D eigenvalue weighted by molar-refractivity contribution is -0.127. The van der Waals surface area contributed by atoms with Crippen LogP contribution in [0.2, 0.25) is 0 Å². The lowest BCUT2D eigenvalue weighted by Crippen LogP contribution is -2.41. The molecule has 110 valence electrons. The second-order valence-electron chi connectivity index (χ2n) is 7.09. The predicted molar refractivity (Wildman–Crippen MR) is 76.0 cm³/mol. The van der Waals surface area contributed by atoms with E-state index < -0.39 is 0 Å². The molecule has 0 heterocycles. The third-order valence-electron chi connectivity index (χ3n) is 2.82. The molecule has 0 saturated carbocycles. The van der Waals surface area contributed by atoms with Crippen molar-refractivity contribution in [2.75, 3.05) is 26.9 Å². The zero-order chi connectivity index (χ0) is 14.4. The standard InChI is InChI=1S/C15H32O3/c1-9-15(10-16-8,11-17-13(2,3)4)12-18-14(5,6)7/h9-12H2,1-8H3. The molecular weight excluding hydrogens is 228 g/mol. The lowest BCUT2D eigenvalue weighted by Gasteiger charge is -2.36. The van der Waals surface area contributed by atoms with Gasteiger partial charge >= 0.3 is 0 Å². The summed E-state index contributed by atoms with van der Waals surface area (Å²) in [5.74, 6) is 0. The van der Waals surface area contributed by atoms with Crippen LogP contribution >= 0.6 is 0 Å². The summed E-state index contributed by atoms with van der Waals surface area (Å²) in [6.45, 7) is 16.6. The van der Waals surface area contributed by atoms with Gasteiger partial charge < -0.3 is 14.2 Å². The zero-order valence-corrected chi connectivity index (χ0v) is 13.6. The molecule has 0 aromatic rings. The van der Waals surface area contributed by atoms with E-state index in [2.05, 4.69) is 48.5 Å². The van der Waals surface area contributed by atoms with Crippen molar-refractivity contribution in [1.82, 2.24) is 0 Å². The topological polar surface area (TPSA) is 27.7 Å². The van der Waals surface area contributed by atoms with E-state index in [9.17, 15) is 0 Å². The molecule has 0 rings (SSSR count). The van der Waals surface area contributed by atoms with Gasteiger partial charge in [-0.15, -0.1) is 0 Å². The third-order valence-corrected chi connectivity index (χ3v) is 2.82. The smallest absolute Gasteiger partial charge is 0.0598 e. The molecule has 0 unspecified atom stereocenters. The van der Waals surface area contributed by atoms with Crippen LogP contribution < -0.4 is 0 Å². The SMILES string of the molecule is CCC(COC)(COC(C)(C)C)COC(C)(C)C. The molecule has 0 fully saturated rings. The van der Waals surface area contributed by atoms with Crippen LogP contribution in [0, 0.1) is 5.41 Å². The van der Waals surface area contributed by atoms with E-state index in [1.54, 1.807) is 7.11 Å². The molecule has 3 nitrogen and oxygen atoms in total. The Kier molecular flexibility index (Phi) is 6.83. The summed E-state index contributed by atoms with van der Waals surface area (Å²) in [5.41, 5.74) is -0.318. The molecule has 0 atom stereocenters. The quantitative estimate of drug-likeness (QED) is 0.699. The minimum Gasteiger partial charge on any atom is -0.384 e. The molecule has 0 aliphatic rings. The molecule has 0 saturated heterocycles. The summed E-state index contributed by atoms with van der Waals surface area (Å²) in [5, 5.41) is 0. The number of hydrogen-bond donors (Lipinski definition) is 0. The van der Waals surface area contributed by atoms with Crippen LogP contribution in [0.25, 0.3) is 0 Å². The maximum absolute atomic E-state index is 5.94. The first-order valence-electron chi connectivity index (χ1n) is 6.80. The Morgan fingerprint density at radius 3 is 1.33 bits per heavy atom. The van der Waals surface area contributed by atoms with Gasteiger partial charge in [-0.2, -0.15) is 0 Å². The van der Waals surface area contributed by atoms with Gasteiger partial charge in [0, 0.05) is 12.5 Å². The van der Waals surface area contributed by atoms with Gasteiger partial charge in [0.05, 0.1) is 31.0 Å². The van der Waals surface area contributed by atoms with Crippen LogP contribution in [0.15, 0.2) is 0 Å². The predicted octanol–water partition coefficient (Wildman–Crippen LogP) is 3.66. The summed E-state index contributed by atoms with van der Waals surface area (Å²) >= 11 is 0. The minimum absolute atomic E-state index is 0.0602.